The molecule has 1 aliphatic heterocycles. The number of anilines is 2. The fourth-order valence-electron chi connectivity index (χ4n) is 3.51. The second-order valence-corrected chi connectivity index (χ2v) is 8.60. The summed E-state index contributed by atoms with van der Waals surface area (Å²) in [6, 6.07) is 17.9. The molecule has 1 aliphatic rings. The van der Waals surface area contributed by atoms with Gasteiger partial charge in [0.05, 0.1) is 5.69 Å². The number of rotatable bonds is 6. The Morgan fingerprint density at radius 3 is 2.39 bits per heavy atom. The molecule has 0 radical (unpaired) electrons. The number of benzene rings is 3. The van der Waals surface area contributed by atoms with E-state index in [0.29, 0.717) is 27.6 Å². The van der Waals surface area contributed by atoms with Gasteiger partial charge in [0.15, 0.2) is 6.61 Å². The SMILES string of the molecule is Cc1ccc(NC(=O)COc2ccc(/C=C3\C(=O)NC(=O)N(c4cc(Cl)ccc4C)C3=O)cc2)cc1. The zero-order chi connectivity index (χ0) is 25.8. The third-order valence-electron chi connectivity index (χ3n) is 5.41. The van der Waals surface area contributed by atoms with Crippen molar-refractivity contribution in [1.29, 1.82) is 0 Å². The molecule has 1 heterocycles. The number of imide groups is 2. The van der Waals surface area contributed by atoms with Crippen molar-refractivity contribution in [3.63, 3.8) is 0 Å². The monoisotopic (exact) mass is 503 g/mol. The quantitative estimate of drug-likeness (QED) is 0.376. The number of carbonyl (C=O) groups is 4. The van der Waals surface area contributed by atoms with E-state index in [1.807, 2.05) is 19.1 Å². The van der Waals surface area contributed by atoms with Gasteiger partial charge in [-0.3, -0.25) is 19.7 Å². The number of amides is 5. The Hall–Kier alpha value is -4.43. The number of carbonyl (C=O) groups excluding carboxylic acids is 4. The third-order valence-corrected chi connectivity index (χ3v) is 5.65. The van der Waals surface area contributed by atoms with Crippen LogP contribution in [0.4, 0.5) is 16.2 Å². The van der Waals surface area contributed by atoms with Gasteiger partial charge in [0, 0.05) is 10.7 Å². The minimum atomic E-state index is -0.847. The van der Waals surface area contributed by atoms with Crippen molar-refractivity contribution in [2.45, 2.75) is 13.8 Å². The van der Waals surface area contributed by atoms with Gasteiger partial charge in [-0.1, -0.05) is 47.5 Å². The maximum atomic E-state index is 13.1. The van der Waals surface area contributed by atoms with Crippen molar-refractivity contribution in [1.82, 2.24) is 5.32 Å². The highest BCUT2D eigenvalue weighted by molar-refractivity contribution is 6.39. The van der Waals surface area contributed by atoms with E-state index in [4.69, 9.17) is 16.3 Å². The van der Waals surface area contributed by atoms with Crippen molar-refractivity contribution in [3.8, 4) is 5.75 Å². The van der Waals surface area contributed by atoms with E-state index >= 15 is 0 Å². The molecule has 0 atom stereocenters. The zero-order valence-electron chi connectivity index (χ0n) is 19.5. The Morgan fingerprint density at radius 2 is 1.69 bits per heavy atom. The number of nitrogens with one attached hydrogen (secondary N) is 2. The third kappa shape index (κ3) is 5.61. The van der Waals surface area contributed by atoms with Crippen LogP contribution in [0.15, 0.2) is 72.3 Å². The van der Waals surface area contributed by atoms with Gasteiger partial charge in [-0.05, 0) is 67.4 Å². The van der Waals surface area contributed by atoms with Crippen LogP contribution in [0.3, 0.4) is 0 Å². The molecule has 1 saturated heterocycles. The largest absolute Gasteiger partial charge is 0.484 e. The smallest absolute Gasteiger partial charge is 0.335 e. The van der Waals surface area contributed by atoms with Gasteiger partial charge < -0.3 is 10.1 Å². The van der Waals surface area contributed by atoms with Gasteiger partial charge in [0.2, 0.25) is 0 Å². The summed E-state index contributed by atoms with van der Waals surface area (Å²) < 4.78 is 5.52. The summed E-state index contributed by atoms with van der Waals surface area (Å²) in [5.74, 6) is -1.44. The summed E-state index contributed by atoms with van der Waals surface area (Å²) >= 11 is 6.04. The van der Waals surface area contributed by atoms with Crippen LogP contribution < -0.4 is 20.3 Å². The summed E-state index contributed by atoms with van der Waals surface area (Å²) in [6.07, 6.45) is 1.38. The topological polar surface area (TPSA) is 105 Å². The molecule has 9 heteroatoms. The van der Waals surface area contributed by atoms with E-state index in [0.717, 1.165) is 10.5 Å². The summed E-state index contributed by atoms with van der Waals surface area (Å²) in [6.45, 7) is 3.50. The molecule has 182 valence electrons. The van der Waals surface area contributed by atoms with Gasteiger partial charge in [-0.2, -0.15) is 0 Å². The normalized spacial score (nSPS) is 14.6. The lowest BCUT2D eigenvalue weighted by Crippen LogP contribution is -2.54. The van der Waals surface area contributed by atoms with Crippen molar-refractivity contribution < 1.29 is 23.9 Å². The van der Waals surface area contributed by atoms with Gasteiger partial charge in [-0.25, -0.2) is 9.69 Å². The second kappa shape index (κ2) is 10.5. The first-order valence-corrected chi connectivity index (χ1v) is 11.4. The summed E-state index contributed by atoms with van der Waals surface area (Å²) in [4.78, 5) is 51.0. The standard InChI is InChI=1S/C27H22ClN3O5/c1-16-3-9-20(10-4-16)29-24(32)15-36-21-11-6-18(7-12-21)13-22-25(33)30-27(35)31(26(22)34)23-14-19(28)8-5-17(23)2/h3-14H,15H2,1-2H3,(H,29,32)(H,30,33,35)/b22-13+. The number of ether oxygens (including phenoxy) is 1. The van der Waals surface area contributed by atoms with Crippen LogP contribution >= 0.6 is 11.6 Å². The van der Waals surface area contributed by atoms with Crippen LogP contribution in [0.25, 0.3) is 6.08 Å². The van der Waals surface area contributed by atoms with Crippen LogP contribution in [0.2, 0.25) is 5.02 Å². The number of urea groups is 1. The molecule has 0 spiro atoms. The highest BCUT2D eigenvalue weighted by Gasteiger charge is 2.37. The molecule has 36 heavy (non-hydrogen) atoms. The van der Waals surface area contributed by atoms with Crippen molar-refractivity contribution >= 4 is 52.8 Å². The molecule has 0 aromatic heterocycles. The average molecular weight is 504 g/mol. The number of hydrogen-bond donors (Lipinski definition) is 2. The molecule has 0 unspecified atom stereocenters. The predicted octanol–water partition coefficient (Wildman–Crippen LogP) is 4.64. The molecule has 3 aromatic carbocycles. The van der Waals surface area contributed by atoms with E-state index in [1.54, 1.807) is 55.5 Å². The molecule has 0 aliphatic carbocycles. The van der Waals surface area contributed by atoms with E-state index in [1.165, 1.54) is 12.1 Å². The minimum absolute atomic E-state index is 0.189. The van der Waals surface area contributed by atoms with Crippen LogP contribution in [-0.2, 0) is 14.4 Å². The average Bonchev–Trinajstić information content (AvgIpc) is 2.84. The van der Waals surface area contributed by atoms with Crippen LogP contribution in [0, 0.1) is 13.8 Å². The van der Waals surface area contributed by atoms with Crippen molar-refractivity contribution in [2.24, 2.45) is 0 Å². The van der Waals surface area contributed by atoms with Crippen LogP contribution in [0.5, 0.6) is 5.75 Å². The van der Waals surface area contributed by atoms with Gasteiger partial charge in [0.25, 0.3) is 17.7 Å². The van der Waals surface area contributed by atoms with Crippen molar-refractivity contribution in [3.05, 3.63) is 94.0 Å². The maximum absolute atomic E-state index is 13.1. The molecule has 0 saturated carbocycles. The molecule has 2 N–H and O–H groups in total. The van der Waals surface area contributed by atoms with Crippen LogP contribution in [0.1, 0.15) is 16.7 Å². The minimum Gasteiger partial charge on any atom is -0.484 e. The Morgan fingerprint density at radius 1 is 1.00 bits per heavy atom. The number of halogens is 1. The summed E-state index contributed by atoms with van der Waals surface area (Å²) in [5, 5.41) is 5.29. The lowest BCUT2D eigenvalue weighted by molar-refractivity contribution is -0.122. The number of hydrogen-bond acceptors (Lipinski definition) is 5. The van der Waals surface area contributed by atoms with Gasteiger partial charge in [0.1, 0.15) is 11.3 Å². The lowest BCUT2D eigenvalue weighted by atomic mass is 10.1. The van der Waals surface area contributed by atoms with E-state index < -0.39 is 17.8 Å². The number of nitrogens with zero attached hydrogens (tertiary/aromatic N) is 1. The first-order valence-electron chi connectivity index (χ1n) is 11.0. The fraction of sp³-hybridized carbons (Fsp3) is 0.111. The fourth-order valence-corrected chi connectivity index (χ4v) is 3.68. The summed E-state index contributed by atoms with van der Waals surface area (Å²) in [5.41, 5.74) is 3.01. The van der Waals surface area contributed by atoms with Crippen molar-refractivity contribution in [2.75, 3.05) is 16.8 Å². The Bertz CT molecular complexity index is 1380. The highest BCUT2D eigenvalue weighted by Crippen LogP contribution is 2.28. The Kier molecular flexibility index (Phi) is 7.17. The number of aryl methyl sites for hydroxylation is 2. The first-order chi connectivity index (χ1) is 17.2. The molecule has 0 bridgehead atoms. The Labute approximate surface area is 212 Å². The van der Waals surface area contributed by atoms with E-state index in [2.05, 4.69) is 10.6 Å². The van der Waals surface area contributed by atoms with Gasteiger partial charge in [-0.15, -0.1) is 0 Å². The maximum Gasteiger partial charge on any atom is 0.335 e. The first kappa shape index (κ1) is 24.7. The molecule has 4 rings (SSSR count). The zero-order valence-corrected chi connectivity index (χ0v) is 20.3. The van der Waals surface area contributed by atoms with E-state index in [9.17, 15) is 19.2 Å². The molecule has 1 fully saturated rings. The predicted molar refractivity (Wildman–Crippen MR) is 137 cm³/mol. The molecular weight excluding hydrogens is 482 g/mol. The molecule has 5 amide bonds. The van der Waals surface area contributed by atoms with E-state index in [-0.39, 0.29) is 23.8 Å². The number of barbiturate groups is 1. The van der Waals surface area contributed by atoms with Gasteiger partial charge >= 0.3 is 6.03 Å². The molecular formula is C27H22ClN3O5. The Balaban J connectivity index is 1.45. The summed E-state index contributed by atoms with van der Waals surface area (Å²) in [7, 11) is 0. The van der Waals surface area contributed by atoms with Crippen LogP contribution in [-0.4, -0.2) is 30.4 Å². The highest BCUT2D eigenvalue weighted by atomic mass is 35.5. The lowest BCUT2D eigenvalue weighted by Gasteiger charge is -2.27. The second-order valence-electron chi connectivity index (χ2n) is 8.16. The molecule has 3 aromatic rings. The molecule has 8 nitrogen and oxygen atoms in total.